The zero-order chi connectivity index (χ0) is 19.8. The molecule has 0 saturated carbocycles. The van der Waals surface area contributed by atoms with E-state index in [2.05, 4.69) is 42.9 Å². The van der Waals surface area contributed by atoms with Gasteiger partial charge >= 0.3 is 0 Å². The van der Waals surface area contributed by atoms with Gasteiger partial charge in [-0.25, -0.2) is 0 Å². The van der Waals surface area contributed by atoms with Crippen molar-refractivity contribution in [2.24, 2.45) is 11.3 Å². The second kappa shape index (κ2) is 7.76. The summed E-state index contributed by atoms with van der Waals surface area (Å²) in [5.74, 6) is 0.456. The third-order valence-corrected chi connectivity index (χ3v) is 5.88. The van der Waals surface area contributed by atoms with E-state index in [9.17, 15) is 9.59 Å². The monoisotopic (exact) mass is 375 g/mol. The molecule has 27 heavy (non-hydrogen) atoms. The molecule has 3 rings (SSSR count). The van der Waals surface area contributed by atoms with Gasteiger partial charge in [0.05, 0.1) is 13.2 Å². The zero-order valence-electron chi connectivity index (χ0n) is 17.3. The molecule has 1 amide bonds. The number of nitrogens with zero attached hydrogens (tertiary/aromatic N) is 1. The molecular weight excluding hydrogens is 342 g/mol. The lowest BCUT2D eigenvalue weighted by Gasteiger charge is -2.36. The maximum Gasteiger partial charge on any atom is 0.268 e. The fraction of sp³-hybridized carbons (Fsp3) is 0.714. The lowest BCUT2D eigenvalue weighted by molar-refractivity contribution is 0.00671. The lowest BCUT2D eigenvalue weighted by atomic mass is 9.75. The SMILES string of the molecule is Cc1c(C(=O)NC[C@@H](C(C)C)N2CCOCC2)[nH]c2c1C(=O)CC(C)(C)C2. The van der Waals surface area contributed by atoms with Gasteiger partial charge in [-0.3, -0.25) is 14.5 Å². The van der Waals surface area contributed by atoms with Crippen LogP contribution in [0.25, 0.3) is 0 Å². The Bertz CT molecular complexity index is 714. The maximum absolute atomic E-state index is 12.9. The van der Waals surface area contributed by atoms with E-state index in [1.54, 1.807) is 0 Å². The molecular formula is C21H33N3O3. The minimum atomic E-state index is -0.119. The fourth-order valence-corrected chi connectivity index (χ4v) is 4.44. The van der Waals surface area contributed by atoms with Crippen molar-refractivity contribution in [3.8, 4) is 0 Å². The van der Waals surface area contributed by atoms with Gasteiger partial charge in [-0.05, 0) is 30.2 Å². The number of amides is 1. The minimum absolute atomic E-state index is 0.0613. The number of aromatic nitrogens is 1. The first-order valence-electron chi connectivity index (χ1n) is 10.0. The van der Waals surface area contributed by atoms with Crippen molar-refractivity contribution in [1.82, 2.24) is 15.2 Å². The number of ether oxygens (including phenoxy) is 1. The van der Waals surface area contributed by atoms with E-state index < -0.39 is 0 Å². The number of carbonyl (C=O) groups excluding carboxylic acids is 2. The van der Waals surface area contributed by atoms with E-state index in [-0.39, 0.29) is 23.1 Å². The normalized spacial score (nSPS) is 21.2. The van der Waals surface area contributed by atoms with Crippen LogP contribution in [-0.4, -0.2) is 60.5 Å². The van der Waals surface area contributed by atoms with Crippen LogP contribution < -0.4 is 5.32 Å². The third-order valence-electron chi connectivity index (χ3n) is 5.88. The molecule has 2 aliphatic rings. The summed E-state index contributed by atoms with van der Waals surface area (Å²) in [5.41, 5.74) is 2.90. The predicted molar refractivity (Wildman–Crippen MR) is 105 cm³/mol. The molecule has 1 aromatic rings. The number of ketones is 1. The molecule has 0 unspecified atom stereocenters. The molecule has 6 nitrogen and oxygen atoms in total. The van der Waals surface area contributed by atoms with E-state index in [0.29, 0.717) is 24.6 Å². The Morgan fingerprint density at radius 1 is 1.26 bits per heavy atom. The summed E-state index contributed by atoms with van der Waals surface area (Å²) >= 11 is 0. The van der Waals surface area contributed by atoms with Gasteiger partial charge < -0.3 is 15.0 Å². The number of morpholine rings is 1. The van der Waals surface area contributed by atoms with Crippen LogP contribution in [0.15, 0.2) is 0 Å². The number of hydrogen-bond donors (Lipinski definition) is 2. The molecule has 0 radical (unpaired) electrons. The smallest absolute Gasteiger partial charge is 0.268 e. The highest BCUT2D eigenvalue weighted by Gasteiger charge is 2.35. The van der Waals surface area contributed by atoms with Crippen LogP contribution in [0.5, 0.6) is 0 Å². The van der Waals surface area contributed by atoms with E-state index in [0.717, 1.165) is 49.5 Å². The maximum atomic E-state index is 12.9. The number of Topliss-reactive ketones (excluding diaryl/α,β-unsaturated/α-hetero) is 1. The second-order valence-corrected chi connectivity index (χ2v) is 9.09. The molecule has 0 aromatic carbocycles. The largest absolute Gasteiger partial charge is 0.379 e. The highest BCUT2D eigenvalue weighted by Crippen LogP contribution is 2.36. The van der Waals surface area contributed by atoms with Crippen LogP contribution in [0.3, 0.4) is 0 Å². The fourth-order valence-electron chi connectivity index (χ4n) is 4.44. The number of nitrogens with one attached hydrogen (secondary N) is 2. The van der Waals surface area contributed by atoms with Crippen LogP contribution in [0.2, 0.25) is 0 Å². The van der Waals surface area contributed by atoms with Crippen LogP contribution >= 0.6 is 0 Å². The first kappa shape index (κ1) is 20.1. The van der Waals surface area contributed by atoms with Crippen LogP contribution in [0.1, 0.15) is 66.2 Å². The third kappa shape index (κ3) is 4.27. The van der Waals surface area contributed by atoms with E-state index >= 15 is 0 Å². The topological polar surface area (TPSA) is 74.4 Å². The Hall–Kier alpha value is -1.66. The van der Waals surface area contributed by atoms with Crippen LogP contribution in [0.4, 0.5) is 0 Å². The first-order chi connectivity index (χ1) is 12.7. The number of fused-ring (bicyclic) bond motifs is 1. The molecule has 1 atom stereocenters. The molecule has 1 fully saturated rings. The molecule has 0 bridgehead atoms. The summed E-state index contributed by atoms with van der Waals surface area (Å²) < 4.78 is 5.45. The second-order valence-electron chi connectivity index (χ2n) is 9.09. The van der Waals surface area contributed by atoms with E-state index in [4.69, 9.17) is 4.74 Å². The average molecular weight is 376 g/mol. The molecule has 1 aliphatic carbocycles. The van der Waals surface area contributed by atoms with Gasteiger partial charge in [0.2, 0.25) is 0 Å². The van der Waals surface area contributed by atoms with Gasteiger partial charge in [-0.1, -0.05) is 27.7 Å². The number of rotatable bonds is 5. The van der Waals surface area contributed by atoms with Gasteiger partial charge in [0.15, 0.2) is 5.78 Å². The van der Waals surface area contributed by atoms with Crippen molar-refractivity contribution in [1.29, 1.82) is 0 Å². The van der Waals surface area contributed by atoms with Gasteiger partial charge in [-0.15, -0.1) is 0 Å². The first-order valence-corrected chi connectivity index (χ1v) is 10.0. The molecule has 2 N–H and O–H groups in total. The zero-order valence-corrected chi connectivity index (χ0v) is 17.3. The van der Waals surface area contributed by atoms with Crippen molar-refractivity contribution in [2.45, 2.75) is 53.5 Å². The standard InChI is InChI=1S/C21H33N3O3/c1-13(2)16(24-6-8-27-9-7-24)12-22-20(26)19-14(3)18-15(23-19)10-21(4,5)11-17(18)25/h13,16,23H,6-12H2,1-5H3,(H,22,26)/t16-/m0/s1. The Labute approximate surface area is 162 Å². The highest BCUT2D eigenvalue weighted by atomic mass is 16.5. The molecule has 2 heterocycles. The summed E-state index contributed by atoms with van der Waals surface area (Å²) in [5, 5.41) is 3.10. The Morgan fingerprint density at radius 2 is 1.93 bits per heavy atom. The van der Waals surface area contributed by atoms with Crippen molar-refractivity contribution in [3.05, 3.63) is 22.5 Å². The van der Waals surface area contributed by atoms with Crippen LogP contribution in [0, 0.1) is 18.3 Å². The summed E-state index contributed by atoms with van der Waals surface area (Å²) in [6.45, 7) is 14.3. The predicted octanol–water partition coefficient (Wildman–Crippen LogP) is 2.56. The number of aromatic amines is 1. The molecule has 1 saturated heterocycles. The summed E-state index contributed by atoms with van der Waals surface area (Å²) in [6.07, 6.45) is 1.33. The molecule has 0 spiro atoms. The van der Waals surface area contributed by atoms with Crippen molar-refractivity contribution in [2.75, 3.05) is 32.8 Å². The Morgan fingerprint density at radius 3 is 2.56 bits per heavy atom. The van der Waals surface area contributed by atoms with E-state index in [1.807, 2.05) is 6.92 Å². The highest BCUT2D eigenvalue weighted by molar-refractivity contribution is 6.04. The Balaban J connectivity index is 1.72. The van der Waals surface area contributed by atoms with Crippen molar-refractivity contribution in [3.63, 3.8) is 0 Å². The van der Waals surface area contributed by atoms with Crippen LogP contribution in [-0.2, 0) is 11.2 Å². The number of hydrogen-bond acceptors (Lipinski definition) is 4. The van der Waals surface area contributed by atoms with Gasteiger partial charge in [0.25, 0.3) is 5.91 Å². The summed E-state index contributed by atoms with van der Waals surface area (Å²) in [7, 11) is 0. The van der Waals surface area contributed by atoms with Gasteiger partial charge in [0, 0.05) is 43.4 Å². The molecule has 6 heteroatoms. The van der Waals surface area contributed by atoms with Crippen molar-refractivity contribution >= 4 is 11.7 Å². The molecule has 150 valence electrons. The number of carbonyl (C=O) groups is 2. The molecule has 1 aromatic heterocycles. The minimum Gasteiger partial charge on any atom is -0.379 e. The average Bonchev–Trinajstić information content (AvgIpc) is 2.91. The Kier molecular flexibility index (Phi) is 5.77. The quantitative estimate of drug-likeness (QED) is 0.829. The van der Waals surface area contributed by atoms with Gasteiger partial charge in [0.1, 0.15) is 5.69 Å². The molecule has 1 aliphatic heterocycles. The summed E-state index contributed by atoms with van der Waals surface area (Å²) in [6, 6.07) is 0.281. The van der Waals surface area contributed by atoms with Gasteiger partial charge in [-0.2, -0.15) is 0 Å². The lowest BCUT2D eigenvalue weighted by Crippen LogP contribution is -2.51. The summed E-state index contributed by atoms with van der Waals surface area (Å²) in [4.78, 5) is 31.1. The van der Waals surface area contributed by atoms with E-state index in [1.165, 1.54) is 0 Å². The number of H-pyrrole nitrogens is 1. The van der Waals surface area contributed by atoms with Crippen molar-refractivity contribution < 1.29 is 14.3 Å².